The molecule has 0 radical (unpaired) electrons. The molecule has 0 atom stereocenters. The summed E-state index contributed by atoms with van der Waals surface area (Å²) in [5, 5.41) is 5.40. The molecule has 0 aliphatic heterocycles. The van der Waals surface area contributed by atoms with Gasteiger partial charge >= 0.3 is 5.97 Å². The maximum atomic E-state index is 12.0. The summed E-state index contributed by atoms with van der Waals surface area (Å²) < 4.78 is 10.1. The molecule has 0 saturated carbocycles. The Hall–Kier alpha value is -3.13. The molecule has 9 heteroatoms. The van der Waals surface area contributed by atoms with Crippen LogP contribution in [0.4, 0.5) is 11.4 Å². The van der Waals surface area contributed by atoms with E-state index < -0.39 is 18.5 Å². The number of hydrogen-bond acceptors (Lipinski definition) is 6. The molecule has 0 aliphatic carbocycles. The smallest absolute Gasteiger partial charge is 0.340 e. The summed E-state index contributed by atoms with van der Waals surface area (Å²) in [4.78, 5) is 38.8. The van der Waals surface area contributed by atoms with Gasteiger partial charge in [0.05, 0.1) is 18.4 Å². The Labute approximate surface area is 154 Å². The second-order valence-electron chi connectivity index (χ2n) is 5.09. The molecule has 2 amide bonds. The van der Waals surface area contributed by atoms with E-state index in [2.05, 4.69) is 15.6 Å². The van der Waals surface area contributed by atoms with Gasteiger partial charge in [-0.15, -0.1) is 0 Å². The molecular weight excluding hydrogens is 362 g/mol. The van der Waals surface area contributed by atoms with Gasteiger partial charge in [-0.2, -0.15) is 0 Å². The van der Waals surface area contributed by atoms with Gasteiger partial charge in [-0.3, -0.25) is 9.59 Å². The summed E-state index contributed by atoms with van der Waals surface area (Å²) in [6, 6.07) is 7.63. The van der Waals surface area contributed by atoms with Crippen molar-refractivity contribution in [2.24, 2.45) is 0 Å². The highest BCUT2D eigenvalue weighted by Gasteiger charge is 2.13. The van der Waals surface area contributed by atoms with Gasteiger partial charge in [-0.1, -0.05) is 11.6 Å². The Bertz CT molecular complexity index is 824. The van der Waals surface area contributed by atoms with E-state index in [1.807, 2.05) is 0 Å². The first-order valence-electron chi connectivity index (χ1n) is 7.43. The average molecular weight is 378 g/mol. The molecule has 2 N–H and O–H groups in total. The van der Waals surface area contributed by atoms with Crippen LogP contribution in [0.3, 0.4) is 0 Å². The van der Waals surface area contributed by atoms with Crippen molar-refractivity contribution in [3.05, 3.63) is 47.2 Å². The molecule has 1 heterocycles. The zero-order valence-electron chi connectivity index (χ0n) is 14.0. The summed E-state index contributed by atoms with van der Waals surface area (Å²) in [6.45, 7) is 0.864. The number of esters is 1. The van der Waals surface area contributed by atoms with Gasteiger partial charge in [0.15, 0.2) is 6.61 Å². The summed E-state index contributed by atoms with van der Waals surface area (Å²) in [5.74, 6) is -1.14. The lowest BCUT2D eigenvalue weighted by Gasteiger charge is -2.12. The Kier molecular flexibility index (Phi) is 6.51. The van der Waals surface area contributed by atoms with Crippen molar-refractivity contribution in [1.82, 2.24) is 4.98 Å². The number of hydrogen-bond donors (Lipinski definition) is 2. The molecule has 0 saturated heterocycles. The van der Waals surface area contributed by atoms with E-state index in [4.69, 9.17) is 21.1 Å². The largest absolute Gasteiger partial charge is 0.495 e. The number of pyridine rings is 1. The summed E-state index contributed by atoms with van der Waals surface area (Å²) in [6.07, 6.45) is 1.25. The zero-order valence-corrected chi connectivity index (χ0v) is 14.8. The van der Waals surface area contributed by atoms with E-state index in [0.29, 0.717) is 17.1 Å². The molecule has 0 fully saturated rings. The summed E-state index contributed by atoms with van der Waals surface area (Å²) >= 11 is 5.64. The number of nitrogens with zero attached hydrogens (tertiary/aromatic N) is 1. The molecule has 0 aliphatic rings. The van der Waals surface area contributed by atoms with E-state index in [-0.39, 0.29) is 16.6 Å². The fourth-order valence-electron chi connectivity index (χ4n) is 1.98. The number of nitrogens with one attached hydrogen (secondary N) is 2. The van der Waals surface area contributed by atoms with Crippen LogP contribution in [-0.2, 0) is 14.3 Å². The lowest BCUT2D eigenvalue weighted by atomic mass is 10.2. The van der Waals surface area contributed by atoms with Crippen molar-refractivity contribution in [3.8, 4) is 5.75 Å². The van der Waals surface area contributed by atoms with Gasteiger partial charge in [0.1, 0.15) is 10.9 Å². The van der Waals surface area contributed by atoms with Gasteiger partial charge in [0.25, 0.3) is 5.91 Å². The third-order valence-corrected chi connectivity index (χ3v) is 3.31. The van der Waals surface area contributed by atoms with E-state index in [0.717, 1.165) is 0 Å². The molecule has 26 heavy (non-hydrogen) atoms. The van der Waals surface area contributed by atoms with Crippen LogP contribution in [0, 0.1) is 0 Å². The van der Waals surface area contributed by atoms with Crippen molar-refractivity contribution >= 4 is 40.8 Å². The van der Waals surface area contributed by atoms with E-state index >= 15 is 0 Å². The quantitative estimate of drug-likeness (QED) is 0.591. The van der Waals surface area contributed by atoms with Crippen molar-refractivity contribution in [2.75, 3.05) is 24.4 Å². The van der Waals surface area contributed by atoms with Crippen LogP contribution in [0.2, 0.25) is 5.15 Å². The first-order chi connectivity index (χ1) is 12.4. The molecule has 0 unspecified atom stereocenters. The maximum absolute atomic E-state index is 12.0. The van der Waals surface area contributed by atoms with Crippen LogP contribution in [0.1, 0.15) is 17.3 Å². The minimum atomic E-state index is -0.705. The SMILES string of the molecule is COc1ccc(NC(C)=O)cc1NC(=O)COC(=O)c1ccc(Cl)nc1. The highest BCUT2D eigenvalue weighted by atomic mass is 35.5. The standard InChI is InChI=1S/C17H16ClN3O5/c1-10(22)20-12-4-5-14(25-2)13(7-12)21-16(23)9-26-17(24)11-3-6-15(18)19-8-11/h3-8H,9H2,1-2H3,(H,20,22)(H,21,23). The van der Waals surface area contributed by atoms with Gasteiger partial charge in [-0.25, -0.2) is 9.78 Å². The minimum absolute atomic E-state index is 0.174. The number of ether oxygens (including phenoxy) is 2. The fourth-order valence-corrected chi connectivity index (χ4v) is 2.10. The van der Waals surface area contributed by atoms with Gasteiger partial charge in [-0.05, 0) is 30.3 Å². The molecule has 1 aromatic carbocycles. The van der Waals surface area contributed by atoms with Gasteiger partial charge in [0.2, 0.25) is 5.91 Å². The number of methoxy groups -OCH3 is 1. The third kappa shape index (κ3) is 5.45. The lowest BCUT2D eigenvalue weighted by molar-refractivity contribution is -0.119. The summed E-state index contributed by atoms with van der Waals surface area (Å²) in [5.41, 5.74) is 0.984. The molecule has 0 bridgehead atoms. The average Bonchev–Trinajstić information content (AvgIpc) is 2.60. The molecule has 2 aromatic rings. The van der Waals surface area contributed by atoms with Crippen molar-refractivity contribution in [1.29, 1.82) is 0 Å². The molecular formula is C17H16ClN3O5. The number of benzene rings is 1. The number of halogens is 1. The molecule has 1 aromatic heterocycles. The Morgan fingerprint density at radius 1 is 1.15 bits per heavy atom. The topological polar surface area (TPSA) is 107 Å². The third-order valence-electron chi connectivity index (χ3n) is 3.09. The highest BCUT2D eigenvalue weighted by molar-refractivity contribution is 6.29. The number of carbonyl (C=O) groups excluding carboxylic acids is 3. The lowest BCUT2D eigenvalue weighted by Crippen LogP contribution is -2.21. The maximum Gasteiger partial charge on any atom is 0.340 e. The van der Waals surface area contributed by atoms with Crippen molar-refractivity contribution in [2.45, 2.75) is 6.92 Å². The number of rotatable bonds is 6. The van der Waals surface area contributed by atoms with Gasteiger partial charge < -0.3 is 20.1 Å². The fraction of sp³-hybridized carbons (Fsp3) is 0.176. The normalized spacial score (nSPS) is 9.96. The van der Waals surface area contributed by atoms with Crippen LogP contribution in [-0.4, -0.2) is 36.5 Å². The highest BCUT2D eigenvalue weighted by Crippen LogP contribution is 2.27. The molecule has 8 nitrogen and oxygen atoms in total. The minimum Gasteiger partial charge on any atom is -0.495 e. The summed E-state index contributed by atoms with van der Waals surface area (Å²) in [7, 11) is 1.44. The second-order valence-corrected chi connectivity index (χ2v) is 5.48. The van der Waals surface area contributed by atoms with Crippen LogP contribution in [0.25, 0.3) is 0 Å². The van der Waals surface area contributed by atoms with E-state index in [1.54, 1.807) is 12.1 Å². The van der Waals surface area contributed by atoms with E-state index in [1.165, 1.54) is 38.4 Å². The number of amides is 2. The van der Waals surface area contributed by atoms with Crippen LogP contribution < -0.4 is 15.4 Å². The Morgan fingerprint density at radius 2 is 1.92 bits per heavy atom. The second kappa shape index (κ2) is 8.82. The first-order valence-corrected chi connectivity index (χ1v) is 7.81. The molecule has 0 spiro atoms. The van der Waals surface area contributed by atoms with Crippen LogP contribution in [0.15, 0.2) is 36.5 Å². The van der Waals surface area contributed by atoms with Crippen molar-refractivity contribution < 1.29 is 23.9 Å². The number of aromatic nitrogens is 1. The molecule has 2 rings (SSSR count). The number of anilines is 2. The van der Waals surface area contributed by atoms with Gasteiger partial charge in [0, 0.05) is 18.8 Å². The zero-order chi connectivity index (χ0) is 19.1. The predicted octanol–water partition coefficient (Wildman–Crippen LogP) is 2.50. The van der Waals surface area contributed by atoms with E-state index in [9.17, 15) is 14.4 Å². The Morgan fingerprint density at radius 3 is 2.54 bits per heavy atom. The van der Waals surface area contributed by atoms with Crippen molar-refractivity contribution in [3.63, 3.8) is 0 Å². The Balaban J connectivity index is 1.99. The van der Waals surface area contributed by atoms with Crippen LogP contribution in [0.5, 0.6) is 5.75 Å². The molecule has 136 valence electrons. The van der Waals surface area contributed by atoms with Crippen LogP contribution >= 0.6 is 11.6 Å². The predicted molar refractivity (Wildman–Crippen MR) is 95.5 cm³/mol. The monoisotopic (exact) mass is 377 g/mol. The first kappa shape index (κ1) is 19.2. The number of carbonyl (C=O) groups is 3.